The number of carbonyl (C=O) groups is 1. The fourth-order valence-electron chi connectivity index (χ4n) is 2.84. The molecule has 2 aromatic carbocycles. The fourth-order valence-corrected chi connectivity index (χ4v) is 3.81. The molecule has 0 aliphatic heterocycles. The van der Waals surface area contributed by atoms with Gasteiger partial charge in [0.15, 0.2) is 0 Å². The predicted molar refractivity (Wildman–Crippen MR) is 102 cm³/mol. The first-order valence-electron chi connectivity index (χ1n) is 8.18. The number of thiophene rings is 1. The third-order valence-electron chi connectivity index (χ3n) is 4.05. The highest BCUT2D eigenvalue weighted by molar-refractivity contribution is 7.20. The zero-order valence-corrected chi connectivity index (χ0v) is 14.9. The molecule has 6 heteroatoms. The molecular formula is C20H16FN3OS. The summed E-state index contributed by atoms with van der Waals surface area (Å²) in [5, 5.41) is 7.82. The van der Waals surface area contributed by atoms with Crippen molar-refractivity contribution >= 4 is 33.1 Å². The van der Waals surface area contributed by atoms with Crippen molar-refractivity contribution in [3.63, 3.8) is 0 Å². The van der Waals surface area contributed by atoms with Crippen LogP contribution in [0.25, 0.3) is 10.1 Å². The Hall–Kier alpha value is -2.99. The van der Waals surface area contributed by atoms with Crippen molar-refractivity contribution in [1.82, 2.24) is 9.78 Å². The van der Waals surface area contributed by atoms with Crippen LogP contribution in [-0.4, -0.2) is 15.7 Å². The van der Waals surface area contributed by atoms with Gasteiger partial charge >= 0.3 is 0 Å². The first kappa shape index (κ1) is 16.5. The normalized spacial score (nSPS) is 11.0. The van der Waals surface area contributed by atoms with E-state index in [1.54, 1.807) is 16.8 Å². The average molecular weight is 365 g/mol. The molecule has 0 saturated heterocycles. The van der Waals surface area contributed by atoms with E-state index >= 15 is 0 Å². The van der Waals surface area contributed by atoms with Gasteiger partial charge in [-0.15, -0.1) is 11.3 Å². The molecule has 0 bridgehead atoms. The SMILES string of the molecule is Cc1cc(NC(=O)c2cc3c(F)cccc3s2)n(Cc2ccccc2)n1. The topological polar surface area (TPSA) is 46.9 Å². The summed E-state index contributed by atoms with van der Waals surface area (Å²) < 4.78 is 16.4. The lowest BCUT2D eigenvalue weighted by molar-refractivity contribution is 0.102. The van der Waals surface area contributed by atoms with E-state index in [4.69, 9.17) is 0 Å². The van der Waals surface area contributed by atoms with Gasteiger partial charge in [-0.1, -0.05) is 36.4 Å². The first-order chi connectivity index (χ1) is 12.6. The summed E-state index contributed by atoms with van der Waals surface area (Å²) >= 11 is 1.27. The highest BCUT2D eigenvalue weighted by Crippen LogP contribution is 2.28. The summed E-state index contributed by atoms with van der Waals surface area (Å²) in [5.74, 6) is 0.0388. The monoisotopic (exact) mass is 365 g/mol. The fraction of sp³-hybridized carbons (Fsp3) is 0.100. The quantitative estimate of drug-likeness (QED) is 0.562. The van der Waals surface area contributed by atoms with Crippen LogP contribution in [0, 0.1) is 12.7 Å². The van der Waals surface area contributed by atoms with Gasteiger partial charge in [0.1, 0.15) is 11.6 Å². The lowest BCUT2D eigenvalue weighted by Gasteiger charge is -2.08. The van der Waals surface area contributed by atoms with Gasteiger partial charge in [0, 0.05) is 16.2 Å². The molecule has 2 heterocycles. The van der Waals surface area contributed by atoms with Crippen molar-refractivity contribution in [3.8, 4) is 0 Å². The van der Waals surface area contributed by atoms with Gasteiger partial charge in [0.05, 0.1) is 17.1 Å². The van der Waals surface area contributed by atoms with Crippen LogP contribution in [0.1, 0.15) is 20.9 Å². The second-order valence-corrected chi connectivity index (χ2v) is 7.11. The van der Waals surface area contributed by atoms with Gasteiger partial charge in [-0.05, 0) is 30.7 Å². The van der Waals surface area contributed by atoms with E-state index < -0.39 is 0 Å². The molecular weight excluding hydrogens is 349 g/mol. The van der Waals surface area contributed by atoms with E-state index in [1.807, 2.05) is 49.4 Å². The summed E-state index contributed by atoms with van der Waals surface area (Å²) in [5.41, 5.74) is 1.91. The van der Waals surface area contributed by atoms with E-state index in [0.29, 0.717) is 22.6 Å². The number of aryl methyl sites for hydroxylation is 1. The smallest absolute Gasteiger partial charge is 0.266 e. The Balaban J connectivity index is 1.60. The second kappa shape index (κ2) is 6.72. The maximum Gasteiger partial charge on any atom is 0.266 e. The number of carbonyl (C=O) groups excluding carboxylic acids is 1. The van der Waals surface area contributed by atoms with Crippen molar-refractivity contribution in [2.45, 2.75) is 13.5 Å². The molecule has 0 radical (unpaired) electrons. The molecule has 4 rings (SSSR count). The molecule has 26 heavy (non-hydrogen) atoms. The maximum atomic E-state index is 13.9. The number of rotatable bonds is 4. The van der Waals surface area contributed by atoms with Crippen LogP contribution in [-0.2, 0) is 6.54 Å². The number of fused-ring (bicyclic) bond motifs is 1. The Labute approximate surface area is 153 Å². The number of nitrogens with zero attached hydrogens (tertiary/aromatic N) is 2. The van der Waals surface area contributed by atoms with Crippen LogP contribution in [0.4, 0.5) is 10.2 Å². The van der Waals surface area contributed by atoms with Crippen LogP contribution in [0.2, 0.25) is 0 Å². The minimum atomic E-state index is -0.317. The van der Waals surface area contributed by atoms with E-state index in [-0.39, 0.29) is 11.7 Å². The summed E-state index contributed by atoms with van der Waals surface area (Å²) in [7, 11) is 0. The lowest BCUT2D eigenvalue weighted by atomic mass is 10.2. The van der Waals surface area contributed by atoms with Crippen molar-refractivity contribution in [2.24, 2.45) is 0 Å². The lowest BCUT2D eigenvalue weighted by Crippen LogP contribution is -2.15. The van der Waals surface area contributed by atoms with E-state index in [1.165, 1.54) is 17.4 Å². The summed E-state index contributed by atoms with van der Waals surface area (Å²) in [6, 6.07) is 18.2. The third-order valence-corrected chi connectivity index (χ3v) is 5.15. The Morgan fingerprint density at radius 3 is 2.73 bits per heavy atom. The summed E-state index contributed by atoms with van der Waals surface area (Å²) in [4.78, 5) is 13.1. The average Bonchev–Trinajstić information content (AvgIpc) is 3.20. The van der Waals surface area contributed by atoms with E-state index in [9.17, 15) is 9.18 Å². The summed E-state index contributed by atoms with van der Waals surface area (Å²) in [6.45, 7) is 2.44. The van der Waals surface area contributed by atoms with Crippen LogP contribution in [0.15, 0.2) is 60.7 Å². The number of hydrogen-bond acceptors (Lipinski definition) is 3. The Bertz CT molecular complexity index is 1090. The number of hydrogen-bond donors (Lipinski definition) is 1. The van der Waals surface area contributed by atoms with Crippen LogP contribution in [0.3, 0.4) is 0 Å². The minimum absolute atomic E-state index is 0.264. The van der Waals surface area contributed by atoms with Crippen molar-refractivity contribution in [3.05, 3.63) is 82.6 Å². The molecule has 0 fully saturated rings. The molecule has 0 spiro atoms. The Morgan fingerprint density at radius 1 is 1.15 bits per heavy atom. The van der Waals surface area contributed by atoms with Gasteiger partial charge in [0.2, 0.25) is 0 Å². The van der Waals surface area contributed by atoms with Gasteiger partial charge in [-0.2, -0.15) is 5.10 Å². The van der Waals surface area contributed by atoms with Crippen LogP contribution < -0.4 is 5.32 Å². The first-order valence-corrected chi connectivity index (χ1v) is 8.99. The van der Waals surface area contributed by atoms with Crippen molar-refractivity contribution < 1.29 is 9.18 Å². The number of nitrogens with one attached hydrogen (secondary N) is 1. The van der Waals surface area contributed by atoms with Crippen molar-refractivity contribution in [1.29, 1.82) is 0 Å². The van der Waals surface area contributed by atoms with Gasteiger partial charge in [-0.25, -0.2) is 9.07 Å². The third kappa shape index (κ3) is 3.23. The Morgan fingerprint density at radius 2 is 1.96 bits per heavy atom. The molecule has 2 aromatic heterocycles. The molecule has 0 unspecified atom stereocenters. The molecule has 1 amide bonds. The highest BCUT2D eigenvalue weighted by Gasteiger charge is 2.15. The van der Waals surface area contributed by atoms with E-state index in [0.717, 1.165) is 16.0 Å². The van der Waals surface area contributed by atoms with Crippen molar-refractivity contribution in [2.75, 3.05) is 5.32 Å². The zero-order chi connectivity index (χ0) is 18.1. The predicted octanol–water partition coefficient (Wildman–Crippen LogP) is 4.85. The number of benzene rings is 2. The van der Waals surface area contributed by atoms with Gasteiger partial charge < -0.3 is 5.32 Å². The van der Waals surface area contributed by atoms with Gasteiger partial charge in [-0.3, -0.25) is 4.79 Å². The molecule has 4 aromatic rings. The summed E-state index contributed by atoms with van der Waals surface area (Å²) in [6.07, 6.45) is 0. The number of halogens is 1. The Kier molecular flexibility index (Phi) is 4.26. The number of anilines is 1. The molecule has 1 N–H and O–H groups in total. The van der Waals surface area contributed by atoms with Crippen LogP contribution in [0.5, 0.6) is 0 Å². The standard InChI is InChI=1S/C20H16FN3OS/c1-13-10-19(24(23-13)12-14-6-3-2-4-7-14)22-20(25)18-11-15-16(21)8-5-9-17(15)26-18/h2-11H,12H2,1H3,(H,22,25). The van der Waals surface area contributed by atoms with E-state index in [2.05, 4.69) is 10.4 Å². The van der Waals surface area contributed by atoms with Gasteiger partial charge in [0.25, 0.3) is 5.91 Å². The molecule has 0 aliphatic rings. The maximum absolute atomic E-state index is 13.9. The van der Waals surface area contributed by atoms with Crippen LogP contribution >= 0.6 is 11.3 Å². The molecule has 0 aliphatic carbocycles. The number of amides is 1. The molecule has 0 saturated carbocycles. The largest absolute Gasteiger partial charge is 0.306 e. The molecule has 130 valence electrons. The highest BCUT2D eigenvalue weighted by atomic mass is 32.1. The minimum Gasteiger partial charge on any atom is -0.306 e. The number of aromatic nitrogens is 2. The molecule has 0 atom stereocenters. The molecule has 4 nitrogen and oxygen atoms in total. The second-order valence-electron chi connectivity index (χ2n) is 6.03. The zero-order valence-electron chi connectivity index (χ0n) is 14.1.